The molecule has 0 saturated heterocycles. The lowest BCUT2D eigenvalue weighted by atomic mass is 10.1. The number of benzene rings is 1. The summed E-state index contributed by atoms with van der Waals surface area (Å²) in [5, 5.41) is 1.00. The third kappa shape index (κ3) is 2.20. The van der Waals surface area contributed by atoms with Crippen LogP contribution >= 0.6 is 22.9 Å². The summed E-state index contributed by atoms with van der Waals surface area (Å²) in [5.74, 6) is 1.42. The highest BCUT2D eigenvalue weighted by molar-refractivity contribution is 7.15. The highest BCUT2D eigenvalue weighted by Crippen LogP contribution is 2.29. The molecule has 0 aliphatic heterocycles. The lowest BCUT2D eigenvalue weighted by Gasteiger charge is -2.05. The summed E-state index contributed by atoms with van der Waals surface area (Å²) in [6.07, 6.45) is 1.83. The summed E-state index contributed by atoms with van der Waals surface area (Å²) in [6, 6.07) is 6.06. The summed E-state index contributed by atoms with van der Waals surface area (Å²) in [5.41, 5.74) is 2.22. The van der Waals surface area contributed by atoms with Gasteiger partial charge in [-0.05, 0) is 30.7 Å². The van der Waals surface area contributed by atoms with E-state index in [2.05, 4.69) is 11.1 Å². The average Bonchev–Trinajstić information content (AvgIpc) is 2.77. The van der Waals surface area contributed by atoms with Gasteiger partial charge in [-0.2, -0.15) is 0 Å². The van der Waals surface area contributed by atoms with Gasteiger partial charge in [0, 0.05) is 16.6 Å². The van der Waals surface area contributed by atoms with Crippen molar-refractivity contribution in [3.05, 3.63) is 34.8 Å². The monoisotopic (exact) mass is 253 g/mol. The first-order valence-electron chi connectivity index (χ1n) is 4.90. The number of alkyl halides is 1. The zero-order valence-corrected chi connectivity index (χ0v) is 10.7. The van der Waals surface area contributed by atoms with Crippen molar-refractivity contribution in [2.24, 2.45) is 0 Å². The van der Waals surface area contributed by atoms with Gasteiger partial charge in [0.1, 0.15) is 10.8 Å². The van der Waals surface area contributed by atoms with Gasteiger partial charge in [-0.3, -0.25) is 0 Å². The summed E-state index contributed by atoms with van der Waals surface area (Å²) >= 11 is 7.38. The van der Waals surface area contributed by atoms with Crippen molar-refractivity contribution in [3.63, 3.8) is 0 Å². The van der Waals surface area contributed by atoms with Crippen LogP contribution in [0.5, 0.6) is 5.75 Å². The molecule has 0 bridgehead atoms. The Labute approximate surface area is 104 Å². The van der Waals surface area contributed by atoms with Gasteiger partial charge in [0.15, 0.2) is 0 Å². The van der Waals surface area contributed by atoms with Gasteiger partial charge in [-0.25, -0.2) is 4.98 Å². The number of ether oxygens (including phenoxy) is 1. The third-order valence-corrected chi connectivity index (χ3v) is 3.82. The first-order valence-corrected chi connectivity index (χ1v) is 6.25. The third-order valence-electron chi connectivity index (χ3n) is 2.33. The molecule has 0 fully saturated rings. The molecule has 2 aromatic rings. The zero-order valence-electron chi connectivity index (χ0n) is 9.16. The Morgan fingerprint density at radius 2 is 2.25 bits per heavy atom. The molecule has 2 nitrogen and oxygen atoms in total. The normalized spacial score (nSPS) is 10.4. The Balaban J connectivity index is 2.37. The molecule has 0 N–H and O–H groups in total. The fourth-order valence-corrected chi connectivity index (χ4v) is 2.51. The second-order valence-corrected chi connectivity index (χ2v) is 4.83. The minimum atomic E-state index is 0.521. The topological polar surface area (TPSA) is 22.1 Å². The maximum Gasteiger partial charge on any atom is 0.123 e. The minimum Gasteiger partial charge on any atom is -0.496 e. The summed E-state index contributed by atoms with van der Waals surface area (Å²) in [4.78, 5) is 5.44. The average molecular weight is 254 g/mol. The highest BCUT2D eigenvalue weighted by Gasteiger charge is 2.06. The van der Waals surface area contributed by atoms with E-state index in [-0.39, 0.29) is 0 Å². The molecule has 0 saturated carbocycles. The van der Waals surface area contributed by atoms with Crippen LogP contribution in [-0.2, 0) is 5.88 Å². The second-order valence-electron chi connectivity index (χ2n) is 3.45. The van der Waals surface area contributed by atoms with Crippen molar-refractivity contribution in [2.45, 2.75) is 12.8 Å². The molecule has 0 aliphatic rings. The van der Waals surface area contributed by atoms with Gasteiger partial charge in [0.05, 0.1) is 13.0 Å². The number of thiazole rings is 1. The van der Waals surface area contributed by atoms with E-state index < -0.39 is 0 Å². The maximum atomic E-state index is 5.76. The van der Waals surface area contributed by atoms with Gasteiger partial charge in [-0.1, -0.05) is 0 Å². The quantitative estimate of drug-likeness (QED) is 0.775. The fourth-order valence-electron chi connectivity index (χ4n) is 1.51. The molecule has 16 heavy (non-hydrogen) atoms. The van der Waals surface area contributed by atoms with Crippen molar-refractivity contribution in [1.29, 1.82) is 0 Å². The smallest absolute Gasteiger partial charge is 0.123 e. The van der Waals surface area contributed by atoms with E-state index in [1.165, 1.54) is 0 Å². The van der Waals surface area contributed by atoms with Gasteiger partial charge in [-0.15, -0.1) is 22.9 Å². The van der Waals surface area contributed by atoms with E-state index in [0.717, 1.165) is 26.8 Å². The van der Waals surface area contributed by atoms with E-state index in [9.17, 15) is 0 Å². The molecule has 0 aliphatic carbocycles. The minimum absolute atomic E-state index is 0.521. The Morgan fingerprint density at radius 3 is 2.81 bits per heavy atom. The highest BCUT2D eigenvalue weighted by atomic mass is 35.5. The van der Waals surface area contributed by atoms with Crippen molar-refractivity contribution >= 4 is 22.9 Å². The summed E-state index contributed by atoms with van der Waals surface area (Å²) in [7, 11) is 1.68. The summed E-state index contributed by atoms with van der Waals surface area (Å²) in [6.45, 7) is 2.03. The standard InChI is InChI=1S/C12H12ClNOS/c1-8-5-9(3-4-11(8)15-2)12-14-7-10(6-13)16-12/h3-5,7H,6H2,1-2H3. The first kappa shape index (κ1) is 11.4. The van der Waals surface area contributed by atoms with E-state index in [1.54, 1.807) is 18.4 Å². The van der Waals surface area contributed by atoms with Gasteiger partial charge >= 0.3 is 0 Å². The number of aromatic nitrogens is 1. The lowest BCUT2D eigenvalue weighted by Crippen LogP contribution is -1.87. The van der Waals surface area contributed by atoms with Crippen LogP contribution in [0.4, 0.5) is 0 Å². The SMILES string of the molecule is COc1ccc(-c2ncc(CCl)s2)cc1C. The van der Waals surface area contributed by atoms with Crippen molar-refractivity contribution in [2.75, 3.05) is 7.11 Å². The van der Waals surface area contributed by atoms with Crippen molar-refractivity contribution in [1.82, 2.24) is 4.98 Å². The Morgan fingerprint density at radius 1 is 1.44 bits per heavy atom. The van der Waals surface area contributed by atoms with Crippen LogP contribution in [0.2, 0.25) is 0 Å². The number of aryl methyl sites for hydroxylation is 1. The Bertz CT molecular complexity index is 496. The molecule has 0 spiro atoms. The maximum absolute atomic E-state index is 5.76. The molecule has 0 atom stereocenters. The van der Waals surface area contributed by atoms with E-state index in [4.69, 9.17) is 16.3 Å². The lowest BCUT2D eigenvalue weighted by molar-refractivity contribution is 0.412. The predicted octanol–water partition coefficient (Wildman–Crippen LogP) is 3.87. The van der Waals surface area contributed by atoms with Crippen LogP contribution in [0.25, 0.3) is 10.6 Å². The molecule has 4 heteroatoms. The van der Waals surface area contributed by atoms with Gasteiger partial charge in [0.2, 0.25) is 0 Å². The number of rotatable bonds is 3. The number of halogens is 1. The number of nitrogens with zero attached hydrogens (tertiary/aromatic N) is 1. The van der Waals surface area contributed by atoms with Crippen molar-refractivity contribution in [3.8, 4) is 16.3 Å². The van der Waals surface area contributed by atoms with E-state index in [0.29, 0.717) is 5.88 Å². The predicted molar refractivity (Wildman–Crippen MR) is 68.4 cm³/mol. The molecule has 0 amide bonds. The molecular weight excluding hydrogens is 242 g/mol. The number of methoxy groups -OCH3 is 1. The molecule has 0 unspecified atom stereocenters. The van der Waals surface area contributed by atoms with Crippen molar-refractivity contribution < 1.29 is 4.74 Å². The van der Waals surface area contributed by atoms with Crippen LogP contribution in [0.1, 0.15) is 10.4 Å². The van der Waals surface area contributed by atoms with Crippen LogP contribution in [-0.4, -0.2) is 12.1 Å². The van der Waals surface area contributed by atoms with Crippen LogP contribution in [0, 0.1) is 6.92 Å². The van der Waals surface area contributed by atoms with Crippen LogP contribution < -0.4 is 4.74 Å². The zero-order chi connectivity index (χ0) is 11.5. The first-order chi connectivity index (χ1) is 7.74. The van der Waals surface area contributed by atoms with Gasteiger partial charge < -0.3 is 4.74 Å². The molecular formula is C12H12ClNOS. The second kappa shape index (κ2) is 4.85. The molecule has 84 valence electrons. The Kier molecular flexibility index (Phi) is 3.46. The van der Waals surface area contributed by atoms with Crippen LogP contribution in [0.15, 0.2) is 24.4 Å². The van der Waals surface area contributed by atoms with E-state index >= 15 is 0 Å². The summed E-state index contributed by atoms with van der Waals surface area (Å²) < 4.78 is 5.22. The fraction of sp³-hybridized carbons (Fsp3) is 0.250. The molecule has 1 aromatic carbocycles. The molecule has 2 rings (SSSR count). The van der Waals surface area contributed by atoms with E-state index in [1.807, 2.05) is 25.3 Å². The largest absolute Gasteiger partial charge is 0.496 e. The molecule has 1 heterocycles. The molecule has 0 radical (unpaired) electrons. The van der Waals surface area contributed by atoms with Gasteiger partial charge in [0.25, 0.3) is 0 Å². The number of hydrogen-bond acceptors (Lipinski definition) is 3. The molecule has 1 aromatic heterocycles. The number of hydrogen-bond donors (Lipinski definition) is 0. The van der Waals surface area contributed by atoms with Crippen LogP contribution in [0.3, 0.4) is 0 Å². The Hall–Kier alpha value is -1.06.